The molecule has 0 saturated carbocycles. The first-order valence-electron chi connectivity index (χ1n) is 5.53. The second-order valence-corrected chi connectivity index (χ2v) is 5.92. The van der Waals surface area contributed by atoms with Gasteiger partial charge >= 0.3 is 0 Å². The van der Waals surface area contributed by atoms with E-state index in [1.54, 1.807) is 11.3 Å². The first kappa shape index (κ1) is 12.0. The molecule has 3 rings (SSSR count). The molecule has 94 valence electrons. The quantitative estimate of drug-likeness (QED) is 0.937. The van der Waals surface area contributed by atoms with E-state index >= 15 is 0 Å². The lowest BCUT2D eigenvalue weighted by atomic mass is 10.1. The number of benzene rings is 1. The van der Waals surface area contributed by atoms with Crippen molar-refractivity contribution < 1.29 is 14.6 Å². The van der Waals surface area contributed by atoms with Crippen LogP contribution in [0, 0.1) is 0 Å². The highest BCUT2D eigenvalue weighted by atomic mass is 79.9. The second kappa shape index (κ2) is 4.91. The van der Waals surface area contributed by atoms with Crippen molar-refractivity contribution in [3.8, 4) is 11.5 Å². The molecule has 1 aromatic carbocycles. The van der Waals surface area contributed by atoms with E-state index in [0.717, 1.165) is 14.9 Å². The number of thiophene rings is 1. The number of aliphatic hydroxyl groups is 1. The fourth-order valence-electron chi connectivity index (χ4n) is 1.92. The van der Waals surface area contributed by atoms with Crippen molar-refractivity contribution in [2.75, 3.05) is 6.79 Å². The van der Waals surface area contributed by atoms with Gasteiger partial charge in [-0.05, 0) is 45.1 Å². The van der Waals surface area contributed by atoms with Crippen LogP contribution in [0.1, 0.15) is 16.5 Å². The lowest BCUT2D eigenvalue weighted by molar-refractivity contribution is 0.171. The molecule has 1 atom stereocenters. The summed E-state index contributed by atoms with van der Waals surface area (Å²) in [6.45, 7) is 0.235. The Hall–Kier alpha value is -1.04. The molecule has 1 aromatic heterocycles. The van der Waals surface area contributed by atoms with Gasteiger partial charge in [0.2, 0.25) is 6.79 Å². The third-order valence-electron chi connectivity index (χ3n) is 2.81. The molecule has 5 heteroatoms. The second-order valence-electron chi connectivity index (χ2n) is 4.04. The van der Waals surface area contributed by atoms with E-state index in [9.17, 15) is 5.11 Å². The normalized spacial score (nSPS) is 14.8. The third-order valence-corrected chi connectivity index (χ3v) is 4.30. The number of ether oxygens (including phenoxy) is 2. The van der Waals surface area contributed by atoms with Gasteiger partial charge < -0.3 is 14.6 Å². The molecule has 3 nitrogen and oxygen atoms in total. The summed E-state index contributed by atoms with van der Waals surface area (Å²) in [4.78, 5) is 1.16. The number of hydrogen-bond acceptors (Lipinski definition) is 4. The molecule has 0 spiro atoms. The molecule has 18 heavy (non-hydrogen) atoms. The SMILES string of the molecule is OC(Cc1cccs1)c1cc(Br)c2c(c1)OCO2. The molecule has 2 heterocycles. The van der Waals surface area contributed by atoms with Crippen LogP contribution in [0.3, 0.4) is 0 Å². The van der Waals surface area contributed by atoms with E-state index in [1.165, 1.54) is 0 Å². The van der Waals surface area contributed by atoms with E-state index in [0.29, 0.717) is 17.9 Å². The maximum atomic E-state index is 10.2. The summed E-state index contributed by atoms with van der Waals surface area (Å²) in [6, 6.07) is 7.73. The highest BCUT2D eigenvalue weighted by Crippen LogP contribution is 2.41. The summed E-state index contributed by atoms with van der Waals surface area (Å²) in [5, 5.41) is 12.2. The summed E-state index contributed by atoms with van der Waals surface area (Å²) in [7, 11) is 0. The predicted molar refractivity (Wildman–Crippen MR) is 73.2 cm³/mol. The molecule has 0 bridgehead atoms. The van der Waals surface area contributed by atoms with Crippen LogP contribution in [0.2, 0.25) is 0 Å². The monoisotopic (exact) mass is 326 g/mol. The molecule has 0 saturated heterocycles. The molecular weight excluding hydrogens is 316 g/mol. The summed E-state index contributed by atoms with van der Waals surface area (Å²) in [5.41, 5.74) is 0.833. The Labute approximate surface area is 117 Å². The van der Waals surface area contributed by atoms with Crippen LogP contribution >= 0.6 is 27.3 Å². The summed E-state index contributed by atoms with van der Waals surface area (Å²) >= 11 is 5.08. The zero-order valence-corrected chi connectivity index (χ0v) is 11.8. The average Bonchev–Trinajstić information content (AvgIpc) is 2.98. The number of rotatable bonds is 3. The highest BCUT2D eigenvalue weighted by Gasteiger charge is 2.20. The van der Waals surface area contributed by atoms with Crippen LogP contribution < -0.4 is 9.47 Å². The van der Waals surface area contributed by atoms with Gasteiger partial charge in [0.15, 0.2) is 11.5 Å². The topological polar surface area (TPSA) is 38.7 Å². The van der Waals surface area contributed by atoms with E-state index in [2.05, 4.69) is 15.9 Å². The standard InChI is InChI=1S/C13H11BrO3S/c14-10-4-8(5-12-13(10)17-7-16-12)11(15)6-9-2-1-3-18-9/h1-5,11,15H,6-7H2. The largest absolute Gasteiger partial charge is 0.454 e. The van der Waals surface area contributed by atoms with Gasteiger partial charge in [-0.2, -0.15) is 0 Å². The molecule has 1 aliphatic heterocycles. The van der Waals surface area contributed by atoms with Gasteiger partial charge in [0.1, 0.15) is 0 Å². The van der Waals surface area contributed by atoms with Crippen LogP contribution in [-0.4, -0.2) is 11.9 Å². The Bertz CT molecular complexity index is 554. The van der Waals surface area contributed by atoms with Gasteiger partial charge in [-0.15, -0.1) is 11.3 Å². The summed E-state index contributed by atoms with van der Waals surface area (Å²) in [6.07, 6.45) is 0.0819. The third kappa shape index (κ3) is 2.25. The zero-order valence-electron chi connectivity index (χ0n) is 9.43. The maximum Gasteiger partial charge on any atom is 0.231 e. The molecule has 1 unspecified atom stereocenters. The minimum Gasteiger partial charge on any atom is -0.454 e. The van der Waals surface area contributed by atoms with E-state index in [-0.39, 0.29) is 6.79 Å². The molecule has 1 N–H and O–H groups in total. The Morgan fingerprint density at radius 2 is 2.28 bits per heavy atom. The lowest BCUT2D eigenvalue weighted by Crippen LogP contribution is -2.00. The van der Waals surface area contributed by atoms with E-state index < -0.39 is 6.10 Å². The molecule has 2 aromatic rings. The Balaban J connectivity index is 1.86. The van der Waals surface area contributed by atoms with Crippen molar-refractivity contribution in [3.05, 3.63) is 44.6 Å². The minimum absolute atomic E-state index is 0.235. The first-order chi connectivity index (χ1) is 8.74. The highest BCUT2D eigenvalue weighted by molar-refractivity contribution is 9.10. The Kier molecular flexibility index (Phi) is 3.28. The molecular formula is C13H11BrO3S. The van der Waals surface area contributed by atoms with Gasteiger partial charge in [-0.1, -0.05) is 6.07 Å². The smallest absolute Gasteiger partial charge is 0.231 e. The van der Waals surface area contributed by atoms with Crippen LogP contribution in [0.5, 0.6) is 11.5 Å². The number of fused-ring (bicyclic) bond motifs is 1. The van der Waals surface area contributed by atoms with Crippen molar-refractivity contribution in [2.45, 2.75) is 12.5 Å². The minimum atomic E-state index is -0.533. The van der Waals surface area contributed by atoms with Crippen molar-refractivity contribution in [1.82, 2.24) is 0 Å². The van der Waals surface area contributed by atoms with Crippen molar-refractivity contribution >= 4 is 27.3 Å². The fraction of sp³-hybridized carbons (Fsp3) is 0.231. The van der Waals surface area contributed by atoms with Crippen molar-refractivity contribution in [1.29, 1.82) is 0 Å². The number of hydrogen-bond donors (Lipinski definition) is 1. The van der Waals surface area contributed by atoms with Gasteiger partial charge in [-0.25, -0.2) is 0 Å². The predicted octanol–water partition coefficient (Wildman–Crippen LogP) is 3.52. The summed E-state index contributed by atoms with van der Waals surface area (Å²) < 4.78 is 11.5. The van der Waals surface area contributed by atoms with Gasteiger partial charge in [0, 0.05) is 11.3 Å². The molecule has 0 aliphatic carbocycles. The van der Waals surface area contributed by atoms with Gasteiger partial charge in [0.25, 0.3) is 0 Å². The number of aliphatic hydroxyl groups excluding tert-OH is 1. The van der Waals surface area contributed by atoms with E-state index in [4.69, 9.17) is 9.47 Å². The summed E-state index contributed by atoms with van der Waals surface area (Å²) in [5.74, 6) is 1.40. The molecule has 0 radical (unpaired) electrons. The molecule has 0 amide bonds. The van der Waals surface area contributed by atoms with Crippen LogP contribution in [0.15, 0.2) is 34.1 Å². The van der Waals surface area contributed by atoms with Gasteiger partial charge in [-0.3, -0.25) is 0 Å². The number of halogens is 1. The molecule has 1 aliphatic rings. The lowest BCUT2D eigenvalue weighted by Gasteiger charge is -2.11. The molecule has 0 fully saturated rings. The van der Waals surface area contributed by atoms with E-state index in [1.807, 2.05) is 29.6 Å². The zero-order chi connectivity index (χ0) is 12.5. The van der Waals surface area contributed by atoms with Crippen LogP contribution in [0.4, 0.5) is 0 Å². The van der Waals surface area contributed by atoms with Gasteiger partial charge in [0.05, 0.1) is 10.6 Å². The van der Waals surface area contributed by atoms with Crippen LogP contribution in [-0.2, 0) is 6.42 Å². The Morgan fingerprint density at radius 1 is 1.39 bits per heavy atom. The maximum absolute atomic E-state index is 10.2. The van der Waals surface area contributed by atoms with Crippen molar-refractivity contribution in [2.24, 2.45) is 0 Å². The van der Waals surface area contributed by atoms with Crippen LogP contribution in [0.25, 0.3) is 0 Å². The average molecular weight is 327 g/mol. The fourth-order valence-corrected chi connectivity index (χ4v) is 3.23. The Morgan fingerprint density at radius 3 is 3.06 bits per heavy atom. The first-order valence-corrected chi connectivity index (χ1v) is 7.21. The van der Waals surface area contributed by atoms with Crippen molar-refractivity contribution in [3.63, 3.8) is 0 Å².